The third-order valence-corrected chi connectivity index (χ3v) is 5.74. The Hall–Kier alpha value is -2.70. The molecule has 1 N–H and O–H groups in total. The van der Waals surface area contributed by atoms with Gasteiger partial charge < -0.3 is 9.47 Å². The number of ether oxygens (including phenoxy) is 2. The van der Waals surface area contributed by atoms with Crippen LogP contribution in [0.4, 0.5) is 5.69 Å². The van der Waals surface area contributed by atoms with E-state index in [1.54, 1.807) is 54.6 Å². The van der Waals surface area contributed by atoms with Gasteiger partial charge in [-0.05, 0) is 35.9 Å². The first kappa shape index (κ1) is 19.1. The second-order valence-corrected chi connectivity index (χ2v) is 7.72. The van der Waals surface area contributed by atoms with Crippen LogP contribution in [0.3, 0.4) is 0 Å². The summed E-state index contributed by atoms with van der Waals surface area (Å²) in [6, 6.07) is 18.8. The van der Waals surface area contributed by atoms with Crippen LogP contribution < -0.4 is 14.2 Å². The zero-order chi connectivity index (χ0) is 19.4. The van der Waals surface area contributed by atoms with Gasteiger partial charge in [-0.3, -0.25) is 4.72 Å². The van der Waals surface area contributed by atoms with Crippen molar-refractivity contribution in [2.24, 2.45) is 0 Å². The molecule has 7 heteroatoms. The van der Waals surface area contributed by atoms with E-state index in [1.165, 1.54) is 14.2 Å². The molecule has 0 saturated heterocycles. The van der Waals surface area contributed by atoms with Crippen molar-refractivity contribution in [2.45, 2.75) is 4.90 Å². The molecule has 0 aliphatic carbocycles. The number of hydrogen-bond donors (Lipinski definition) is 1. The Morgan fingerprint density at radius 2 is 1.41 bits per heavy atom. The summed E-state index contributed by atoms with van der Waals surface area (Å²) < 4.78 is 38.7. The number of para-hydroxylation sites is 1. The molecule has 27 heavy (non-hydrogen) atoms. The smallest absolute Gasteiger partial charge is 0.261 e. The average molecular weight is 404 g/mol. The number of methoxy groups -OCH3 is 2. The Kier molecular flexibility index (Phi) is 5.58. The summed E-state index contributed by atoms with van der Waals surface area (Å²) in [7, 11) is -0.705. The van der Waals surface area contributed by atoms with Crippen LogP contribution in [0.25, 0.3) is 11.1 Å². The summed E-state index contributed by atoms with van der Waals surface area (Å²) in [5, 5.41) is 0.353. The lowest BCUT2D eigenvalue weighted by Crippen LogP contribution is -2.13. The molecule has 0 unspecified atom stereocenters. The largest absolute Gasteiger partial charge is 0.495 e. The standard InChI is InChI=1S/C20H18ClNO4S/c1-25-18-12-14(13-19(26-2)20(18)21)16-10-6-7-11-17(16)22-27(23,24)15-8-4-3-5-9-15/h3-13,22H,1-2H3. The highest BCUT2D eigenvalue weighted by Crippen LogP contribution is 2.40. The first-order valence-corrected chi connectivity index (χ1v) is 9.91. The van der Waals surface area contributed by atoms with Crippen molar-refractivity contribution >= 4 is 27.3 Å². The lowest BCUT2D eigenvalue weighted by atomic mass is 10.0. The van der Waals surface area contributed by atoms with Gasteiger partial charge in [0.05, 0.1) is 24.8 Å². The summed E-state index contributed by atoms with van der Waals surface area (Å²) in [5.41, 5.74) is 1.82. The van der Waals surface area contributed by atoms with Gasteiger partial charge in [-0.25, -0.2) is 8.42 Å². The zero-order valence-electron chi connectivity index (χ0n) is 14.8. The van der Waals surface area contributed by atoms with Crippen LogP contribution >= 0.6 is 11.6 Å². The van der Waals surface area contributed by atoms with Crippen molar-refractivity contribution in [1.29, 1.82) is 0 Å². The number of anilines is 1. The van der Waals surface area contributed by atoms with Crippen molar-refractivity contribution < 1.29 is 17.9 Å². The minimum atomic E-state index is -3.72. The molecule has 0 aromatic heterocycles. The highest BCUT2D eigenvalue weighted by molar-refractivity contribution is 7.92. The van der Waals surface area contributed by atoms with Gasteiger partial charge in [0.25, 0.3) is 10.0 Å². The molecule has 3 aromatic carbocycles. The Bertz CT molecular complexity index is 1030. The minimum Gasteiger partial charge on any atom is -0.495 e. The number of nitrogens with one attached hydrogen (secondary N) is 1. The topological polar surface area (TPSA) is 64.6 Å². The SMILES string of the molecule is COc1cc(-c2ccccc2NS(=O)(=O)c2ccccc2)cc(OC)c1Cl. The number of benzene rings is 3. The molecule has 3 aromatic rings. The van der Waals surface area contributed by atoms with Gasteiger partial charge in [-0.15, -0.1) is 0 Å². The number of halogens is 1. The molecule has 0 aliphatic heterocycles. The molecule has 3 rings (SSSR count). The van der Waals surface area contributed by atoms with Crippen molar-refractivity contribution in [3.8, 4) is 22.6 Å². The molecule has 0 bridgehead atoms. The van der Waals surface area contributed by atoms with Crippen LogP contribution in [0.1, 0.15) is 0 Å². The molecule has 0 heterocycles. The summed E-state index contributed by atoms with van der Waals surface area (Å²) in [4.78, 5) is 0.186. The first-order valence-electron chi connectivity index (χ1n) is 8.05. The summed E-state index contributed by atoms with van der Waals surface area (Å²) >= 11 is 6.23. The van der Waals surface area contributed by atoms with Gasteiger partial charge in [-0.2, -0.15) is 0 Å². The normalized spacial score (nSPS) is 11.1. The van der Waals surface area contributed by atoms with Crippen molar-refractivity contribution in [1.82, 2.24) is 0 Å². The molecule has 0 aliphatic rings. The molecule has 5 nitrogen and oxygen atoms in total. The molecule has 0 radical (unpaired) electrons. The van der Waals surface area contributed by atoms with Crippen LogP contribution in [0.15, 0.2) is 71.6 Å². The Balaban J connectivity index is 2.08. The van der Waals surface area contributed by atoms with Crippen LogP contribution in [-0.4, -0.2) is 22.6 Å². The van der Waals surface area contributed by atoms with Gasteiger partial charge in [-0.1, -0.05) is 48.0 Å². The molecule has 0 fully saturated rings. The van der Waals surface area contributed by atoms with Crippen molar-refractivity contribution in [3.05, 3.63) is 71.8 Å². The molecule has 0 spiro atoms. The summed E-state index contributed by atoms with van der Waals surface area (Å²) in [6.07, 6.45) is 0. The molecule has 0 atom stereocenters. The van der Waals surface area contributed by atoms with E-state index < -0.39 is 10.0 Å². The van der Waals surface area contributed by atoms with Crippen molar-refractivity contribution in [2.75, 3.05) is 18.9 Å². The lowest BCUT2D eigenvalue weighted by molar-refractivity contribution is 0.395. The van der Waals surface area contributed by atoms with Gasteiger partial charge in [0.2, 0.25) is 0 Å². The lowest BCUT2D eigenvalue weighted by Gasteiger charge is -2.15. The second kappa shape index (κ2) is 7.90. The van der Waals surface area contributed by atoms with E-state index in [2.05, 4.69) is 4.72 Å². The van der Waals surface area contributed by atoms with E-state index in [9.17, 15) is 8.42 Å². The summed E-state index contributed by atoms with van der Waals surface area (Å²) in [5.74, 6) is 0.874. The Morgan fingerprint density at radius 1 is 0.852 bits per heavy atom. The molecule has 0 amide bonds. The average Bonchev–Trinajstić information content (AvgIpc) is 2.69. The van der Waals surface area contributed by atoms with E-state index in [-0.39, 0.29) is 4.90 Å². The molecule has 0 saturated carbocycles. The second-order valence-electron chi connectivity index (χ2n) is 5.66. The van der Waals surface area contributed by atoms with Crippen LogP contribution in [-0.2, 0) is 10.0 Å². The molecular weight excluding hydrogens is 386 g/mol. The molecule has 140 valence electrons. The summed E-state index contributed by atoms with van der Waals surface area (Å²) in [6.45, 7) is 0. The quantitative estimate of drug-likeness (QED) is 0.640. The van der Waals surface area contributed by atoms with E-state index in [0.29, 0.717) is 33.3 Å². The van der Waals surface area contributed by atoms with E-state index in [4.69, 9.17) is 21.1 Å². The number of sulfonamides is 1. The highest BCUT2D eigenvalue weighted by Gasteiger charge is 2.18. The van der Waals surface area contributed by atoms with E-state index in [0.717, 1.165) is 0 Å². The maximum atomic E-state index is 12.7. The fourth-order valence-corrected chi connectivity index (χ4v) is 4.02. The fraction of sp³-hybridized carbons (Fsp3) is 0.100. The highest BCUT2D eigenvalue weighted by atomic mass is 35.5. The third-order valence-electron chi connectivity index (χ3n) is 3.98. The zero-order valence-corrected chi connectivity index (χ0v) is 16.3. The number of rotatable bonds is 6. The van der Waals surface area contributed by atoms with Crippen molar-refractivity contribution in [3.63, 3.8) is 0 Å². The molecular formula is C20H18ClNO4S. The predicted octanol–water partition coefficient (Wildman–Crippen LogP) is 4.83. The van der Waals surface area contributed by atoms with Gasteiger partial charge in [0.15, 0.2) is 0 Å². The van der Waals surface area contributed by atoms with E-state index >= 15 is 0 Å². The maximum absolute atomic E-state index is 12.7. The third kappa shape index (κ3) is 4.02. The van der Waals surface area contributed by atoms with Gasteiger partial charge >= 0.3 is 0 Å². The first-order chi connectivity index (χ1) is 13.0. The maximum Gasteiger partial charge on any atom is 0.261 e. The number of hydrogen-bond acceptors (Lipinski definition) is 4. The van der Waals surface area contributed by atoms with Gasteiger partial charge in [0.1, 0.15) is 16.5 Å². The fourth-order valence-electron chi connectivity index (χ4n) is 2.65. The Morgan fingerprint density at radius 3 is 2.00 bits per heavy atom. The minimum absolute atomic E-state index is 0.186. The Labute approximate surface area is 163 Å². The van der Waals surface area contributed by atoms with Gasteiger partial charge in [0, 0.05) is 5.56 Å². The van der Waals surface area contributed by atoms with Crippen LogP contribution in [0.5, 0.6) is 11.5 Å². The monoisotopic (exact) mass is 403 g/mol. The van der Waals surface area contributed by atoms with Crippen LogP contribution in [0.2, 0.25) is 5.02 Å². The van der Waals surface area contributed by atoms with E-state index in [1.807, 2.05) is 12.1 Å². The predicted molar refractivity (Wildman–Crippen MR) is 107 cm³/mol. The van der Waals surface area contributed by atoms with Crippen LogP contribution in [0, 0.1) is 0 Å².